The van der Waals surface area contributed by atoms with Crippen LogP contribution in [-0.2, 0) is 5.75 Å². The van der Waals surface area contributed by atoms with E-state index in [4.69, 9.17) is 4.74 Å². The maximum Gasteiger partial charge on any atom is 0.174 e. The van der Waals surface area contributed by atoms with Crippen LogP contribution in [0.4, 0.5) is 5.82 Å². The summed E-state index contributed by atoms with van der Waals surface area (Å²) < 4.78 is 6.21. The summed E-state index contributed by atoms with van der Waals surface area (Å²) in [7, 11) is 3.54. The predicted octanol–water partition coefficient (Wildman–Crippen LogP) is 3.43. The second-order valence-electron chi connectivity index (χ2n) is 4.30. The zero-order chi connectivity index (χ0) is 14.7. The standard InChI is InChI=1S/C14H14N4OS2/c1-15-13-10(7-20-14-18-16-8-21-14)5-9-3-4-11(19-2)6-12(9)17-13/h3-6,8H,7H2,1-2H3,(H,15,17). The molecule has 0 aliphatic carbocycles. The minimum Gasteiger partial charge on any atom is -0.497 e. The average molecular weight is 318 g/mol. The fourth-order valence-corrected chi connectivity index (χ4v) is 3.47. The van der Waals surface area contributed by atoms with Gasteiger partial charge in [-0.1, -0.05) is 23.1 Å². The fourth-order valence-electron chi connectivity index (χ4n) is 2.01. The number of anilines is 1. The number of aromatic nitrogens is 3. The van der Waals surface area contributed by atoms with Crippen LogP contribution in [0.25, 0.3) is 10.9 Å². The summed E-state index contributed by atoms with van der Waals surface area (Å²) in [6.45, 7) is 0. The fraction of sp³-hybridized carbons (Fsp3) is 0.214. The topological polar surface area (TPSA) is 59.9 Å². The first-order chi connectivity index (χ1) is 10.3. The number of methoxy groups -OCH3 is 1. The molecule has 21 heavy (non-hydrogen) atoms. The molecule has 0 atom stereocenters. The minimum atomic E-state index is 0.806. The van der Waals surface area contributed by atoms with Gasteiger partial charge in [-0.05, 0) is 18.2 Å². The molecule has 7 heteroatoms. The third kappa shape index (κ3) is 3.08. The maximum absolute atomic E-state index is 5.24. The van der Waals surface area contributed by atoms with Gasteiger partial charge in [0, 0.05) is 29.8 Å². The average Bonchev–Trinajstić information content (AvgIpc) is 3.04. The Bertz CT molecular complexity index is 746. The van der Waals surface area contributed by atoms with E-state index in [0.29, 0.717) is 0 Å². The van der Waals surface area contributed by atoms with Crippen LogP contribution in [0.15, 0.2) is 34.1 Å². The molecule has 2 heterocycles. The van der Waals surface area contributed by atoms with Crippen LogP contribution in [0.2, 0.25) is 0 Å². The zero-order valence-corrected chi connectivity index (χ0v) is 13.3. The molecule has 2 aromatic heterocycles. The van der Waals surface area contributed by atoms with Gasteiger partial charge >= 0.3 is 0 Å². The Hall–Kier alpha value is -1.86. The molecule has 5 nitrogen and oxygen atoms in total. The first-order valence-electron chi connectivity index (χ1n) is 6.34. The Kier molecular flexibility index (Phi) is 4.21. The predicted molar refractivity (Wildman–Crippen MR) is 87.3 cm³/mol. The molecule has 1 N–H and O–H groups in total. The summed E-state index contributed by atoms with van der Waals surface area (Å²) in [5, 5.41) is 12.2. The number of nitrogens with zero attached hydrogens (tertiary/aromatic N) is 3. The Morgan fingerprint density at radius 3 is 2.95 bits per heavy atom. The lowest BCUT2D eigenvalue weighted by molar-refractivity contribution is 0.415. The Labute approximate surface area is 130 Å². The summed E-state index contributed by atoms with van der Waals surface area (Å²) in [5.74, 6) is 2.50. The number of benzene rings is 1. The molecule has 1 aromatic carbocycles. The second kappa shape index (κ2) is 6.28. The second-order valence-corrected chi connectivity index (χ2v) is 6.35. The van der Waals surface area contributed by atoms with Crippen molar-refractivity contribution in [2.75, 3.05) is 19.5 Å². The maximum atomic E-state index is 5.24. The van der Waals surface area contributed by atoms with E-state index in [9.17, 15) is 0 Å². The van der Waals surface area contributed by atoms with Gasteiger partial charge in [-0.15, -0.1) is 10.2 Å². The van der Waals surface area contributed by atoms with Crippen LogP contribution in [0.1, 0.15) is 5.56 Å². The van der Waals surface area contributed by atoms with E-state index in [-0.39, 0.29) is 0 Å². The van der Waals surface area contributed by atoms with Crippen molar-refractivity contribution in [2.24, 2.45) is 0 Å². The summed E-state index contributed by atoms with van der Waals surface area (Å²) in [5.41, 5.74) is 3.81. The quantitative estimate of drug-likeness (QED) is 0.727. The lowest BCUT2D eigenvalue weighted by Crippen LogP contribution is -1.98. The van der Waals surface area contributed by atoms with E-state index < -0.39 is 0 Å². The van der Waals surface area contributed by atoms with Crippen molar-refractivity contribution in [3.05, 3.63) is 35.3 Å². The highest BCUT2D eigenvalue weighted by Crippen LogP contribution is 2.29. The first-order valence-corrected chi connectivity index (χ1v) is 8.21. The van der Waals surface area contributed by atoms with Gasteiger partial charge in [-0.3, -0.25) is 0 Å². The molecule has 0 radical (unpaired) electrons. The molecule has 3 aromatic rings. The van der Waals surface area contributed by atoms with Gasteiger partial charge in [0.1, 0.15) is 17.1 Å². The number of nitrogens with one attached hydrogen (secondary N) is 1. The molecule has 0 amide bonds. The molecule has 108 valence electrons. The Balaban J connectivity index is 1.93. The molecule has 0 spiro atoms. The van der Waals surface area contributed by atoms with Crippen molar-refractivity contribution in [2.45, 2.75) is 10.1 Å². The molecule has 0 fully saturated rings. The van der Waals surface area contributed by atoms with Gasteiger partial charge < -0.3 is 10.1 Å². The van der Waals surface area contributed by atoms with Gasteiger partial charge in [-0.2, -0.15) is 0 Å². The number of ether oxygens (including phenoxy) is 1. The Morgan fingerprint density at radius 1 is 1.33 bits per heavy atom. The van der Waals surface area contributed by atoms with Crippen molar-refractivity contribution in [1.82, 2.24) is 15.2 Å². The van der Waals surface area contributed by atoms with E-state index in [1.54, 1.807) is 35.7 Å². The van der Waals surface area contributed by atoms with E-state index in [2.05, 4.69) is 26.6 Å². The lowest BCUT2D eigenvalue weighted by atomic mass is 10.1. The van der Waals surface area contributed by atoms with E-state index >= 15 is 0 Å². The highest BCUT2D eigenvalue weighted by atomic mass is 32.2. The van der Waals surface area contributed by atoms with Crippen molar-refractivity contribution < 1.29 is 4.74 Å². The summed E-state index contributed by atoms with van der Waals surface area (Å²) in [4.78, 5) is 4.67. The largest absolute Gasteiger partial charge is 0.497 e. The minimum absolute atomic E-state index is 0.806. The van der Waals surface area contributed by atoms with Gasteiger partial charge in [0.2, 0.25) is 0 Å². The third-order valence-corrected chi connectivity index (χ3v) is 4.94. The third-order valence-electron chi connectivity index (χ3n) is 3.03. The number of hydrogen-bond acceptors (Lipinski definition) is 7. The molecule has 0 aliphatic rings. The van der Waals surface area contributed by atoms with Crippen LogP contribution in [0, 0.1) is 0 Å². The molecule has 0 bridgehead atoms. The van der Waals surface area contributed by atoms with Crippen molar-refractivity contribution >= 4 is 39.8 Å². The molecule has 0 aliphatic heterocycles. The SMILES string of the molecule is CNc1nc2cc(OC)ccc2cc1CSc1nncs1. The number of thioether (sulfide) groups is 1. The van der Waals surface area contributed by atoms with E-state index in [1.807, 2.05) is 25.2 Å². The number of hydrogen-bond donors (Lipinski definition) is 1. The molecule has 0 saturated carbocycles. The van der Waals surface area contributed by atoms with Gasteiger partial charge in [-0.25, -0.2) is 4.98 Å². The van der Waals surface area contributed by atoms with E-state index in [0.717, 1.165) is 38.1 Å². The molecule has 0 unspecified atom stereocenters. The number of pyridine rings is 1. The normalized spacial score (nSPS) is 10.8. The van der Waals surface area contributed by atoms with Crippen molar-refractivity contribution in [3.8, 4) is 5.75 Å². The van der Waals surface area contributed by atoms with Crippen molar-refractivity contribution in [3.63, 3.8) is 0 Å². The van der Waals surface area contributed by atoms with Crippen molar-refractivity contribution in [1.29, 1.82) is 0 Å². The van der Waals surface area contributed by atoms with Crippen LogP contribution >= 0.6 is 23.1 Å². The summed E-state index contributed by atoms with van der Waals surface area (Å²) >= 11 is 3.21. The summed E-state index contributed by atoms with van der Waals surface area (Å²) in [6, 6.07) is 8.07. The van der Waals surface area contributed by atoms with Crippen LogP contribution in [0.3, 0.4) is 0 Å². The number of fused-ring (bicyclic) bond motifs is 1. The monoisotopic (exact) mass is 318 g/mol. The van der Waals surface area contributed by atoms with Gasteiger partial charge in [0.05, 0.1) is 12.6 Å². The van der Waals surface area contributed by atoms with Gasteiger partial charge in [0.25, 0.3) is 0 Å². The summed E-state index contributed by atoms with van der Waals surface area (Å²) in [6.07, 6.45) is 0. The smallest absolute Gasteiger partial charge is 0.174 e. The Morgan fingerprint density at radius 2 is 2.24 bits per heavy atom. The van der Waals surface area contributed by atoms with Crippen LogP contribution < -0.4 is 10.1 Å². The molecule has 3 rings (SSSR count). The number of rotatable bonds is 5. The van der Waals surface area contributed by atoms with Crippen LogP contribution in [0.5, 0.6) is 5.75 Å². The first kappa shape index (κ1) is 14.1. The zero-order valence-electron chi connectivity index (χ0n) is 11.7. The van der Waals surface area contributed by atoms with Crippen LogP contribution in [-0.4, -0.2) is 29.3 Å². The molecular formula is C14H14N4OS2. The van der Waals surface area contributed by atoms with Gasteiger partial charge in [0.15, 0.2) is 4.34 Å². The highest BCUT2D eigenvalue weighted by molar-refractivity contribution is 8.00. The highest BCUT2D eigenvalue weighted by Gasteiger charge is 2.08. The van der Waals surface area contributed by atoms with E-state index in [1.165, 1.54) is 0 Å². The molecule has 0 saturated heterocycles. The lowest BCUT2D eigenvalue weighted by Gasteiger charge is -2.10. The molecular weight excluding hydrogens is 304 g/mol.